The van der Waals surface area contributed by atoms with Gasteiger partial charge in [-0.2, -0.15) is 0 Å². The molecule has 1 aliphatic carbocycles. The van der Waals surface area contributed by atoms with E-state index in [1.165, 1.54) is 19.2 Å². The number of methoxy groups -OCH3 is 1. The maximum Gasteiger partial charge on any atom is 0.251 e. The SMILES string of the molecule is COc1ccc(C(=O)NCC(c2ccccc2)N2CCCC2)cc1S(=O)(=O)NC1CC1. The molecule has 2 aromatic rings. The molecule has 31 heavy (non-hydrogen) atoms. The lowest BCUT2D eigenvalue weighted by atomic mass is 10.1. The summed E-state index contributed by atoms with van der Waals surface area (Å²) in [6.45, 7) is 2.47. The van der Waals surface area contributed by atoms with E-state index in [4.69, 9.17) is 4.74 Å². The fourth-order valence-corrected chi connectivity index (χ4v) is 5.49. The highest BCUT2D eigenvalue weighted by molar-refractivity contribution is 7.89. The Kier molecular flexibility index (Phi) is 6.60. The Balaban J connectivity index is 1.51. The topological polar surface area (TPSA) is 87.7 Å². The van der Waals surface area contributed by atoms with Crippen molar-refractivity contribution in [1.82, 2.24) is 14.9 Å². The summed E-state index contributed by atoms with van der Waals surface area (Å²) in [5.41, 5.74) is 1.46. The van der Waals surface area contributed by atoms with E-state index >= 15 is 0 Å². The zero-order valence-corrected chi connectivity index (χ0v) is 18.5. The number of rotatable bonds is 9. The van der Waals surface area contributed by atoms with Crippen molar-refractivity contribution in [2.75, 3.05) is 26.7 Å². The summed E-state index contributed by atoms with van der Waals surface area (Å²) in [5.74, 6) is -0.0745. The van der Waals surface area contributed by atoms with Crippen LogP contribution < -0.4 is 14.8 Å². The smallest absolute Gasteiger partial charge is 0.251 e. The van der Waals surface area contributed by atoms with Crippen LogP contribution in [-0.4, -0.2) is 52.0 Å². The second-order valence-corrected chi connectivity index (χ2v) is 9.82. The first-order chi connectivity index (χ1) is 15.0. The predicted octanol–water partition coefficient (Wildman–Crippen LogP) is 2.70. The number of carbonyl (C=O) groups is 1. The molecule has 0 radical (unpaired) electrons. The van der Waals surface area contributed by atoms with Crippen LogP contribution in [0.2, 0.25) is 0 Å². The highest BCUT2D eigenvalue weighted by Crippen LogP contribution is 2.29. The lowest BCUT2D eigenvalue weighted by Crippen LogP contribution is -2.37. The van der Waals surface area contributed by atoms with Crippen molar-refractivity contribution in [1.29, 1.82) is 0 Å². The van der Waals surface area contributed by atoms with Gasteiger partial charge in [0.2, 0.25) is 10.0 Å². The van der Waals surface area contributed by atoms with Gasteiger partial charge in [0.15, 0.2) is 0 Å². The van der Waals surface area contributed by atoms with E-state index in [0.29, 0.717) is 12.1 Å². The number of likely N-dealkylation sites (tertiary alicyclic amines) is 1. The van der Waals surface area contributed by atoms with Gasteiger partial charge in [0.1, 0.15) is 10.6 Å². The van der Waals surface area contributed by atoms with Crippen LogP contribution in [0.5, 0.6) is 5.75 Å². The molecule has 1 heterocycles. The van der Waals surface area contributed by atoms with Crippen LogP contribution in [0.3, 0.4) is 0 Å². The highest BCUT2D eigenvalue weighted by atomic mass is 32.2. The zero-order valence-electron chi connectivity index (χ0n) is 17.7. The van der Waals surface area contributed by atoms with Crippen molar-refractivity contribution in [3.05, 3.63) is 59.7 Å². The maximum atomic E-state index is 12.9. The van der Waals surface area contributed by atoms with Crippen molar-refractivity contribution in [2.24, 2.45) is 0 Å². The largest absolute Gasteiger partial charge is 0.495 e. The van der Waals surface area contributed by atoms with Crippen LogP contribution >= 0.6 is 0 Å². The molecule has 1 unspecified atom stereocenters. The Morgan fingerprint density at radius 3 is 2.48 bits per heavy atom. The number of nitrogens with one attached hydrogen (secondary N) is 2. The van der Waals surface area contributed by atoms with Crippen molar-refractivity contribution >= 4 is 15.9 Å². The summed E-state index contributed by atoms with van der Waals surface area (Å²) in [4.78, 5) is 15.3. The quantitative estimate of drug-likeness (QED) is 0.622. The summed E-state index contributed by atoms with van der Waals surface area (Å²) >= 11 is 0. The second-order valence-electron chi connectivity index (χ2n) is 8.14. The molecular formula is C23H29N3O4S. The first kappa shape index (κ1) is 21.8. The zero-order chi connectivity index (χ0) is 21.8. The van der Waals surface area contributed by atoms with Gasteiger partial charge in [0.05, 0.1) is 13.2 Å². The first-order valence-electron chi connectivity index (χ1n) is 10.8. The number of sulfonamides is 1. The van der Waals surface area contributed by atoms with E-state index in [9.17, 15) is 13.2 Å². The van der Waals surface area contributed by atoms with Gasteiger partial charge in [-0.15, -0.1) is 0 Å². The normalized spacial score (nSPS) is 18.0. The number of carbonyl (C=O) groups excluding carboxylic acids is 1. The fraction of sp³-hybridized carbons (Fsp3) is 0.435. The Morgan fingerprint density at radius 1 is 1.13 bits per heavy atom. The van der Waals surface area contributed by atoms with Crippen LogP contribution in [0.1, 0.15) is 47.6 Å². The van der Waals surface area contributed by atoms with Crippen LogP contribution in [0, 0.1) is 0 Å². The standard InChI is InChI=1S/C23H29N3O4S/c1-30-21-12-9-18(15-22(21)31(28,29)25-19-10-11-19)23(27)24-16-20(26-13-5-6-14-26)17-7-3-2-4-8-17/h2-4,7-9,12,15,19-20,25H,5-6,10-11,13-14,16H2,1H3,(H,24,27). The number of nitrogens with zero attached hydrogens (tertiary/aromatic N) is 1. The second kappa shape index (κ2) is 9.38. The third kappa shape index (κ3) is 5.26. The van der Waals surface area contributed by atoms with Gasteiger partial charge >= 0.3 is 0 Å². The molecule has 2 aliphatic rings. The minimum Gasteiger partial charge on any atom is -0.495 e. The van der Waals surface area contributed by atoms with E-state index in [1.807, 2.05) is 18.2 Å². The molecule has 1 amide bonds. The first-order valence-corrected chi connectivity index (χ1v) is 12.2. The summed E-state index contributed by atoms with van der Waals surface area (Å²) in [6.07, 6.45) is 3.98. The predicted molar refractivity (Wildman–Crippen MR) is 119 cm³/mol. The van der Waals surface area contributed by atoms with Gasteiger partial charge in [-0.3, -0.25) is 9.69 Å². The van der Waals surface area contributed by atoms with E-state index in [0.717, 1.165) is 44.3 Å². The van der Waals surface area contributed by atoms with Gasteiger partial charge in [0.25, 0.3) is 5.91 Å². The van der Waals surface area contributed by atoms with Gasteiger partial charge in [-0.1, -0.05) is 30.3 Å². The third-order valence-corrected chi connectivity index (χ3v) is 7.38. The molecule has 1 saturated heterocycles. The van der Waals surface area contributed by atoms with Crippen LogP contribution in [0.4, 0.5) is 0 Å². The Bertz CT molecular complexity index is 1020. The monoisotopic (exact) mass is 443 g/mol. The summed E-state index contributed by atoms with van der Waals surface area (Å²) < 4.78 is 33.3. The molecule has 0 bridgehead atoms. The third-order valence-electron chi connectivity index (χ3n) is 5.84. The molecule has 1 aliphatic heterocycles. The lowest BCUT2D eigenvalue weighted by molar-refractivity contribution is 0.0937. The molecule has 0 spiro atoms. The van der Waals surface area contributed by atoms with Gasteiger partial charge < -0.3 is 10.1 Å². The van der Waals surface area contributed by atoms with Crippen molar-refractivity contribution in [3.63, 3.8) is 0 Å². The molecule has 2 N–H and O–H groups in total. The van der Waals surface area contributed by atoms with Gasteiger partial charge in [0, 0.05) is 18.2 Å². The number of ether oxygens (including phenoxy) is 1. The molecule has 4 rings (SSSR count). The Hall–Kier alpha value is -2.42. The molecular weight excluding hydrogens is 414 g/mol. The minimum absolute atomic E-state index is 0.00583. The summed E-state index contributed by atoms with van der Waals surface area (Å²) in [5, 5.41) is 3.01. The van der Waals surface area contributed by atoms with E-state index < -0.39 is 10.0 Å². The average Bonchev–Trinajstić information content (AvgIpc) is 3.42. The molecule has 8 heteroatoms. The van der Waals surface area contributed by atoms with Gasteiger partial charge in [-0.05, 0) is 62.5 Å². The van der Waals surface area contributed by atoms with Crippen LogP contribution in [0.25, 0.3) is 0 Å². The average molecular weight is 444 g/mol. The fourth-order valence-electron chi connectivity index (χ4n) is 3.99. The van der Waals surface area contributed by atoms with E-state index in [2.05, 4.69) is 27.1 Å². The van der Waals surface area contributed by atoms with Crippen molar-refractivity contribution in [2.45, 2.75) is 42.7 Å². The molecule has 0 aromatic heterocycles. The Labute approximate surface area is 183 Å². The minimum atomic E-state index is -3.75. The highest BCUT2D eigenvalue weighted by Gasteiger charge is 2.30. The number of amides is 1. The lowest BCUT2D eigenvalue weighted by Gasteiger charge is -2.28. The number of benzene rings is 2. The molecule has 166 valence electrons. The molecule has 1 atom stereocenters. The van der Waals surface area contributed by atoms with Gasteiger partial charge in [-0.25, -0.2) is 13.1 Å². The summed E-state index contributed by atoms with van der Waals surface area (Å²) in [7, 11) is -2.32. The summed E-state index contributed by atoms with van der Waals surface area (Å²) in [6, 6.07) is 14.7. The van der Waals surface area contributed by atoms with E-state index in [-0.39, 0.29) is 28.6 Å². The number of hydrogen-bond acceptors (Lipinski definition) is 5. The molecule has 7 nitrogen and oxygen atoms in total. The van der Waals surface area contributed by atoms with Crippen molar-refractivity contribution in [3.8, 4) is 5.75 Å². The molecule has 2 fully saturated rings. The maximum absolute atomic E-state index is 12.9. The van der Waals surface area contributed by atoms with Crippen molar-refractivity contribution < 1.29 is 17.9 Å². The molecule has 1 saturated carbocycles. The molecule has 2 aromatic carbocycles. The Morgan fingerprint density at radius 2 is 1.84 bits per heavy atom. The van der Waals surface area contributed by atoms with E-state index in [1.54, 1.807) is 6.07 Å². The van der Waals surface area contributed by atoms with Crippen LogP contribution in [-0.2, 0) is 10.0 Å². The van der Waals surface area contributed by atoms with Crippen LogP contribution in [0.15, 0.2) is 53.4 Å². The number of hydrogen-bond donors (Lipinski definition) is 2.